The van der Waals surface area contributed by atoms with E-state index >= 15 is 0 Å². The number of carbonyl (C=O) groups excluding carboxylic acids is 1. The van der Waals surface area contributed by atoms with Crippen molar-refractivity contribution in [3.63, 3.8) is 0 Å². The zero-order valence-electron chi connectivity index (χ0n) is 17.7. The standard InChI is InChI=1S/C24H24N4O2S/c1-16-8-11-20(12-9-16)25-23(29)17(2)31-24-27-26-22(28(24)3)15-30-21-13-10-18-6-4-5-7-19(18)14-21/h4-14,17H,15H2,1-3H3,(H,25,29)/t17-/m1/s1. The summed E-state index contributed by atoms with van der Waals surface area (Å²) in [4.78, 5) is 12.5. The van der Waals surface area contributed by atoms with Gasteiger partial charge in [0.05, 0.1) is 5.25 Å². The average Bonchev–Trinajstić information content (AvgIpc) is 3.12. The van der Waals surface area contributed by atoms with Gasteiger partial charge in [-0.3, -0.25) is 4.79 Å². The zero-order chi connectivity index (χ0) is 21.8. The number of anilines is 1. The van der Waals surface area contributed by atoms with Gasteiger partial charge >= 0.3 is 0 Å². The number of nitrogens with one attached hydrogen (secondary N) is 1. The molecule has 0 aliphatic heterocycles. The fourth-order valence-electron chi connectivity index (χ4n) is 3.07. The topological polar surface area (TPSA) is 69.0 Å². The van der Waals surface area contributed by atoms with Crippen LogP contribution in [0.25, 0.3) is 10.8 Å². The van der Waals surface area contributed by atoms with Crippen molar-refractivity contribution in [2.24, 2.45) is 7.05 Å². The molecule has 0 fully saturated rings. The Hall–Kier alpha value is -3.32. The molecule has 1 amide bonds. The lowest BCUT2D eigenvalue weighted by Gasteiger charge is -2.12. The van der Waals surface area contributed by atoms with Crippen LogP contribution in [0.1, 0.15) is 18.3 Å². The molecule has 0 saturated heterocycles. The van der Waals surface area contributed by atoms with E-state index in [1.807, 2.05) is 80.1 Å². The van der Waals surface area contributed by atoms with E-state index < -0.39 is 0 Å². The van der Waals surface area contributed by atoms with Gasteiger partial charge in [0.15, 0.2) is 11.0 Å². The predicted molar refractivity (Wildman–Crippen MR) is 124 cm³/mol. The van der Waals surface area contributed by atoms with E-state index in [4.69, 9.17) is 4.74 Å². The fraction of sp³-hybridized carbons (Fsp3) is 0.208. The summed E-state index contributed by atoms with van der Waals surface area (Å²) in [6.07, 6.45) is 0. The number of rotatable bonds is 7. The maximum atomic E-state index is 12.5. The first-order valence-electron chi connectivity index (χ1n) is 10.0. The smallest absolute Gasteiger partial charge is 0.237 e. The highest BCUT2D eigenvalue weighted by Gasteiger charge is 2.19. The summed E-state index contributed by atoms with van der Waals surface area (Å²) in [6.45, 7) is 4.17. The highest BCUT2D eigenvalue weighted by atomic mass is 32.2. The molecule has 1 heterocycles. The number of ether oxygens (including phenoxy) is 1. The fourth-order valence-corrected chi connectivity index (χ4v) is 3.90. The molecule has 3 aromatic carbocycles. The molecule has 0 saturated carbocycles. The van der Waals surface area contributed by atoms with E-state index in [-0.39, 0.29) is 11.2 Å². The predicted octanol–water partition coefficient (Wildman–Crippen LogP) is 4.98. The van der Waals surface area contributed by atoms with E-state index in [2.05, 4.69) is 27.6 Å². The maximum absolute atomic E-state index is 12.5. The third-order valence-corrected chi connectivity index (χ3v) is 6.12. The van der Waals surface area contributed by atoms with Gasteiger partial charge in [0, 0.05) is 12.7 Å². The second-order valence-electron chi connectivity index (χ2n) is 7.37. The van der Waals surface area contributed by atoms with Gasteiger partial charge < -0.3 is 14.6 Å². The van der Waals surface area contributed by atoms with Crippen molar-refractivity contribution in [3.8, 4) is 5.75 Å². The molecule has 7 heteroatoms. The molecule has 4 rings (SSSR count). The van der Waals surface area contributed by atoms with Crippen molar-refractivity contribution >= 4 is 34.1 Å². The van der Waals surface area contributed by atoms with Crippen molar-refractivity contribution in [1.82, 2.24) is 14.8 Å². The molecule has 0 aliphatic carbocycles. The van der Waals surface area contributed by atoms with Gasteiger partial charge in [-0.25, -0.2) is 0 Å². The first kappa shape index (κ1) is 20.9. The van der Waals surface area contributed by atoms with Crippen LogP contribution in [0.15, 0.2) is 71.9 Å². The maximum Gasteiger partial charge on any atom is 0.237 e. The van der Waals surface area contributed by atoms with Crippen molar-refractivity contribution in [2.45, 2.75) is 30.9 Å². The minimum absolute atomic E-state index is 0.0779. The van der Waals surface area contributed by atoms with Gasteiger partial charge in [0.2, 0.25) is 5.91 Å². The third-order valence-electron chi connectivity index (χ3n) is 4.98. The van der Waals surface area contributed by atoms with Crippen molar-refractivity contribution in [3.05, 3.63) is 78.1 Å². The summed E-state index contributed by atoms with van der Waals surface area (Å²) in [5.41, 5.74) is 1.93. The van der Waals surface area contributed by atoms with Crippen molar-refractivity contribution in [2.75, 3.05) is 5.32 Å². The SMILES string of the molecule is Cc1ccc(NC(=O)[C@@H](C)Sc2nnc(COc3ccc4ccccc4c3)n2C)cc1. The van der Waals surface area contributed by atoms with Crippen LogP contribution >= 0.6 is 11.8 Å². The number of aryl methyl sites for hydroxylation is 1. The number of thioether (sulfide) groups is 1. The molecule has 31 heavy (non-hydrogen) atoms. The molecule has 4 aromatic rings. The molecule has 158 valence electrons. The Balaban J connectivity index is 1.36. The third kappa shape index (κ3) is 5.06. The number of nitrogens with zero attached hydrogens (tertiary/aromatic N) is 3. The first-order valence-corrected chi connectivity index (χ1v) is 10.9. The Bertz CT molecular complexity index is 1200. The lowest BCUT2D eigenvalue weighted by atomic mass is 10.1. The van der Waals surface area contributed by atoms with Crippen molar-refractivity contribution in [1.29, 1.82) is 0 Å². The summed E-state index contributed by atoms with van der Waals surface area (Å²) < 4.78 is 7.79. The van der Waals surface area contributed by atoms with Gasteiger partial charge in [-0.05, 0) is 48.9 Å². The van der Waals surface area contributed by atoms with E-state index in [9.17, 15) is 4.79 Å². The molecule has 6 nitrogen and oxygen atoms in total. The Morgan fingerprint density at radius 1 is 1.06 bits per heavy atom. The number of benzene rings is 3. The number of hydrogen-bond donors (Lipinski definition) is 1. The van der Waals surface area contributed by atoms with Gasteiger partial charge in [-0.2, -0.15) is 0 Å². The van der Waals surface area contributed by atoms with E-state index in [1.165, 1.54) is 17.1 Å². The lowest BCUT2D eigenvalue weighted by molar-refractivity contribution is -0.115. The normalized spacial score (nSPS) is 12.0. The van der Waals surface area contributed by atoms with Gasteiger partial charge in [-0.1, -0.05) is 59.8 Å². The molecule has 1 atom stereocenters. The summed E-state index contributed by atoms with van der Waals surface area (Å²) in [5, 5.41) is 14.1. The Morgan fingerprint density at radius 2 is 1.81 bits per heavy atom. The highest BCUT2D eigenvalue weighted by molar-refractivity contribution is 8.00. The molecular weight excluding hydrogens is 408 g/mol. The first-order chi connectivity index (χ1) is 15.0. The van der Waals surface area contributed by atoms with Crippen LogP contribution in [0, 0.1) is 6.92 Å². The van der Waals surface area contributed by atoms with Crippen LogP contribution in [0.4, 0.5) is 5.69 Å². The molecule has 0 spiro atoms. The molecule has 0 unspecified atom stereocenters. The van der Waals surface area contributed by atoms with Crippen molar-refractivity contribution < 1.29 is 9.53 Å². The lowest BCUT2D eigenvalue weighted by Crippen LogP contribution is -2.22. The average molecular weight is 433 g/mol. The summed E-state index contributed by atoms with van der Waals surface area (Å²) in [7, 11) is 1.88. The minimum atomic E-state index is -0.321. The number of fused-ring (bicyclic) bond motifs is 1. The van der Waals surface area contributed by atoms with Crippen LogP contribution in [0.5, 0.6) is 5.75 Å². The van der Waals surface area contributed by atoms with Crippen LogP contribution in [-0.2, 0) is 18.4 Å². The van der Waals surface area contributed by atoms with Gasteiger partial charge in [0.25, 0.3) is 0 Å². The molecular formula is C24H24N4O2S. The second kappa shape index (κ2) is 9.22. The van der Waals surface area contributed by atoms with Crippen LogP contribution in [0.3, 0.4) is 0 Å². The summed E-state index contributed by atoms with van der Waals surface area (Å²) >= 11 is 1.37. The minimum Gasteiger partial charge on any atom is -0.486 e. The second-order valence-corrected chi connectivity index (χ2v) is 8.68. The van der Waals surface area contributed by atoms with Crippen LogP contribution < -0.4 is 10.1 Å². The number of hydrogen-bond acceptors (Lipinski definition) is 5. The Kier molecular flexibility index (Phi) is 6.23. The van der Waals surface area contributed by atoms with Gasteiger partial charge in [0.1, 0.15) is 12.4 Å². The van der Waals surface area contributed by atoms with Gasteiger partial charge in [-0.15, -0.1) is 10.2 Å². The number of amides is 1. The molecule has 1 aromatic heterocycles. The number of aromatic nitrogens is 3. The molecule has 1 N–H and O–H groups in total. The highest BCUT2D eigenvalue weighted by Crippen LogP contribution is 2.24. The van der Waals surface area contributed by atoms with Crippen LogP contribution in [0.2, 0.25) is 0 Å². The zero-order valence-corrected chi connectivity index (χ0v) is 18.5. The quantitative estimate of drug-likeness (QED) is 0.417. The largest absolute Gasteiger partial charge is 0.486 e. The molecule has 0 radical (unpaired) electrons. The van der Waals surface area contributed by atoms with E-state index in [0.717, 1.165) is 22.4 Å². The molecule has 0 bridgehead atoms. The van der Waals surface area contributed by atoms with Crippen LogP contribution in [-0.4, -0.2) is 25.9 Å². The van der Waals surface area contributed by atoms with E-state index in [1.54, 1.807) is 0 Å². The number of carbonyl (C=O) groups is 1. The Morgan fingerprint density at radius 3 is 2.58 bits per heavy atom. The Labute approximate surface area is 185 Å². The molecule has 0 aliphatic rings. The summed E-state index contributed by atoms with van der Waals surface area (Å²) in [5.74, 6) is 1.40. The summed E-state index contributed by atoms with van der Waals surface area (Å²) in [6, 6.07) is 21.9. The van der Waals surface area contributed by atoms with E-state index in [0.29, 0.717) is 17.6 Å². The monoisotopic (exact) mass is 432 g/mol.